The van der Waals surface area contributed by atoms with Crippen LogP contribution in [0.1, 0.15) is 26.2 Å². The van der Waals surface area contributed by atoms with E-state index in [1.165, 1.54) is 14.0 Å². The Bertz CT molecular complexity index is 297. The Morgan fingerprint density at radius 1 is 1.50 bits per heavy atom. The Hall–Kier alpha value is -0.370. The van der Waals surface area contributed by atoms with Crippen molar-refractivity contribution in [1.82, 2.24) is 0 Å². The molecular formula is C10H16INO4. The summed E-state index contributed by atoms with van der Waals surface area (Å²) in [5, 5.41) is 0. The number of hydrogen-bond acceptors (Lipinski definition) is 5. The Labute approximate surface area is 108 Å². The molecule has 5 nitrogen and oxygen atoms in total. The second kappa shape index (κ2) is 5.31. The minimum Gasteiger partial charge on any atom is -0.468 e. The van der Waals surface area contributed by atoms with E-state index in [9.17, 15) is 9.59 Å². The first-order valence-corrected chi connectivity index (χ1v) is 6.32. The van der Waals surface area contributed by atoms with Crippen LogP contribution in [0, 0.1) is 0 Å². The minimum atomic E-state index is -1.02. The predicted molar refractivity (Wildman–Crippen MR) is 66.1 cm³/mol. The van der Waals surface area contributed by atoms with Crippen LogP contribution in [0.4, 0.5) is 0 Å². The number of ether oxygens (including phenoxy) is 2. The molecule has 0 bridgehead atoms. The highest BCUT2D eigenvalue weighted by Crippen LogP contribution is 2.33. The maximum Gasteiger partial charge on any atom is 0.325 e. The first kappa shape index (κ1) is 13.7. The zero-order valence-electron chi connectivity index (χ0n) is 9.36. The van der Waals surface area contributed by atoms with Crippen LogP contribution in [0.2, 0.25) is 0 Å². The zero-order valence-corrected chi connectivity index (χ0v) is 11.5. The van der Waals surface area contributed by atoms with Gasteiger partial charge >= 0.3 is 11.9 Å². The number of esters is 2. The number of carbonyl (C=O) groups excluding carboxylic acids is 2. The molecule has 16 heavy (non-hydrogen) atoms. The summed E-state index contributed by atoms with van der Waals surface area (Å²) >= 11 is 2.22. The Morgan fingerprint density at radius 2 is 2.12 bits per heavy atom. The van der Waals surface area contributed by atoms with Crippen LogP contribution in [0.15, 0.2) is 0 Å². The quantitative estimate of drug-likeness (QED) is 0.456. The van der Waals surface area contributed by atoms with Crippen LogP contribution in [0.25, 0.3) is 0 Å². The largest absolute Gasteiger partial charge is 0.468 e. The van der Waals surface area contributed by atoms with Gasteiger partial charge in [0.25, 0.3) is 0 Å². The molecule has 2 N–H and O–H groups in total. The molecule has 0 aromatic rings. The van der Waals surface area contributed by atoms with E-state index in [4.69, 9.17) is 10.5 Å². The SMILES string of the molecule is COC(=O)[C@@]1(N)CC[C@@H](I)[C@H](OC(C)=O)C1. The lowest BCUT2D eigenvalue weighted by Gasteiger charge is -2.37. The van der Waals surface area contributed by atoms with Crippen LogP contribution in [-0.4, -0.2) is 34.6 Å². The highest BCUT2D eigenvalue weighted by Gasteiger charge is 2.44. The van der Waals surface area contributed by atoms with Crippen molar-refractivity contribution in [1.29, 1.82) is 0 Å². The first-order valence-electron chi connectivity index (χ1n) is 5.07. The summed E-state index contributed by atoms with van der Waals surface area (Å²) in [4.78, 5) is 22.5. The van der Waals surface area contributed by atoms with Crippen molar-refractivity contribution in [2.45, 2.75) is 41.8 Å². The van der Waals surface area contributed by atoms with E-state index in [1.54, 1.807) is 0 Å². The molecule has 1 fully saturated rings. The van der Waals surface area contributed by atoms with E-state index in [1.807, 2.05) is 0 Å². The summed E-state index contributed by atoms with van der Waals surface area (Å²) in [5.74, 6) is -0.784. The first-order chi connectivity index (χ1) is 7.39. The standard InChI is InChI=1S/C10H16INO4/c1-6(13)16-8-5-10(12,9(14)15-2)4-3-7(8)11/h7-8H,3-5,12H2,1-2H3/t7-,8-,10-/m1/s1. The molecule has 0 amide bonds. The van der Waals surface area contributed by atoms with E-state index < -0.39 is 11.5 Å². The molecule has 0 aliphatic heterocycles. The van der Waals surface area contributed by atoms with Crippen molar-refractivity contribution in [3.8, 4) is 0 Å². The fourth-order valence-electron chi connectivity index (χ4n) is 1.89. The summed E-state index contributed by atoms with van der Waals surface area (Å²) in [5.41, 5.74) is 4.95. The van der Waals surface area contributed by atoms with Gasteiger partial charge in [0.05, 0.1) is 7.11 Å². The molecule has 0 heterocycles. The molecule has 0 aromatic heterocycles. The second-order valence-corrected chi connectivity index (χ2v) is 5.65. The Morgan fingerprint density at radius 3 is 2.62 bits per heavy atom. The van der Waals surface area contributed by atoms with Crippen LogP contribution in [0.5, 0.6) is 0 Å². The number of methoxy groups -OCH3 is 1. The lowest BCUT2D eigenvalue weighted by Crippen LogP contribution is -2.56. The molecule has 0 aromatic carbocycles. The van der Waals surface area contributed by atoms with Gasteiger partial charge in [0.1, 0.15) is 11.6 Å². The van der Waals surface area contributed by atoms with Crippen molar-refractivity contribution < 1.29 is 19.1 Å². The van der Waals surface area contributed by atoms with E-state index in [0.717, 1.165) is 6.42 Å². The van der Waals surface area contributed by atoms with Gasteiger partial charge in [0, 0.05) is 17.3 Å². The normalized spacial score (nSPS) is 34.2. The van der Waals surface area contributed by atoms with Crippen LogP contribution < -0.4 is 5.73 Å². The van der Waals surface area contributed by atoms with Crippen LogP contribution >= 0.6 is 22.6 Å². The number of hydrogen-bond donors (Lipinski definition) is 1. The molecule has 0 unspecified atom stereocenters. The smallest absolute Gasteiger partial charge is 0.325 e. The van der Waals surface area contributed by atoms with Crippen molar-refractivity contribution >= 4 is 34.5 Å². The van der Waals surface area contributed by atoms with Gasteiger partial charge in [-0.2, -0.15) is 0 Å². The number of halogens is 1. The number of rotatable bonds is 2. The molecule has 6 heteroatoms. The van der Waals surface area contributed by atoms with Crippen molar-refractivity contribution in [3.05, 3.63) is 0 Å². The van der Waals surface area contributed by atoms with E-state index in [2.05, 4.69) is 27.3 Å². The third kappa shape index (κ3) is 3.07. The minimum absolute atomic E-state index is 0.197. The molecule has 1 saturated carbocycles. The monoisotopic (exact) mass is 341 g/mol. The molecule has 1 rings (SSSR count). The predicted octanol–water partition coefficient (Wildman–Crippen LogP) is 0.776. The molecule has 1 aliphatic rings. The van der Waals surface area contributed by atoms with Gasteiger partial charge in [-0.3, -0.25) is 9.59 Å². The third-order valence-electron chi connectivity index (χ3n) is 2.74. The third-order valence-corrected chi connectivity index (χ3v) is 4.17. The Balaban J connectivity index is 2.73. The summed E-state index contributed by atoms with van der Waals surface area (Å²) in [6.07, 6.45) is 1.32. The highest BCUT2D eigenvalue weighted by molar-refractivity contribution is 14.1. The lowest BCUT2D eigenvalue weighted by molar-refractivity contribution is -0.156. The maximum absolute atomic E-state index is 11.5. The number of nitrogens with two attached hydrogens (primary N) is 1. The fraction of sp³-hybridized carbons (Fsp3) is 0.800. The molecule has 3 atom stereocenters. The lowest BCUT2D eigenvalue weighted by atomic mass is 9.81. The van der Waals surface area contributed by atoms with Gasteiger partial charge in [-0.05, 0) is 12.8 Å². The van der Waals surface area contributed by atoms with Gasteiger partial charge in [0.15, 0.2) is 0 Å². The highest BCUT2D eigenvalue weighted by atomic mass is 127. The molecule has 0 radical (unpaired) electrons. The maximum atomic E-state index is 11.5. The Kier molecular flexibility index (Phi) is 4.54. The average molecular weight is 341 g/mol. The van der Waals surface area contributed by atoms with Crippen molar-refractivity contribution in [3.63, 3.8) is 0 Å². The van der Waals surface area contributed by atoms with E-state index >= 15 is 0 Å². The number of alkyl halides is 1. The fourth-order valence-corrected chi connectivity index (χ4v) is 2.60. The van der Waals surface area contributed by atoms with Gasteiger partial charge < -0.3 is 15.2 Å². The van der Waals surface area contributed by atoms with Crippen molar-refractivity contribution in [2.75, 3.05) is 7.11 Å². The van der Waals surface area contributed by atoms with Gasteiger partial charge in [-0.1, -0.05) is 22.6 Å². The zero-order chi connectivity index (χ0) is 12.3. The van der Waals surface area contributed by atoms with Crippen LogP contribution in [0.3, 0.4) is 0 Å². The van der Waals surface area contributed by atoms with E-state index in [-0.39, 0.29) is 16.0 Å². The topological polar surface area (TPSA) is 78.6 Å². The molecule has 0 spiro atoms. The summed E-state index contributed by atoms with van der Waals surface area (Å²) in [7, 11) is 1.31. The van der Waals surface area contributed by atoms with Gasteiger partial charge in [-0.25, -0.2) is 0 Å². The molecule has 1 aliphatic carbocycles. The summed E-state index contributed by atoms with van der Waals surface area (Å²) in [6.45, 7) is 1.36. The van der Waals surface area contributed by atoms with E-state index in [0.29, 0.717) is 12.8 Å². The van der Waals surface area contributed by atoms with Crippen molar-refractivity contribution in [2.24, 2.45) is 5.73 Å². The molecule has 92 valence electrons. The molecular weight excluding hydrogens is 325 g/mol. The van der Waals surface area contributed by atoms with Gasteiger partial charge in [0.2, 0.25) is 0 Å². The molecule has 0 saturated heterocycles. The summed E-state index contributed by atoms with van der Waals surface area (Å²) < 4.78 is 10.0. The average Bonchev–Trinajstić information content (AvgIpc) is 2.22. The van der Waals surface area contributed by atoms with Gasteiger partial charge in [-0.15, -0.1) is 0 Å². The van der Waals surface area contributed by atoms with Crippen LogP contribution in [-0.2, 0) is 19.1 Å². The number of carbonyl (C=O) groups is 2. The summed E-state index contributed by atoms with van der Waals surface area (Å²) in [6, 6.07) is 0. The second-order valence-electron chi connectivity index (χ2n) is 4.05.